The largest absolute Gasteiger partial charge is 0.393 e. The van der Waals surface area contributed by atoms with Gasteiger partial charge in [0.15, 0.2) is 0 Å². The predicted molar refractivity (Wildman–Crippen MR) is 134 cm³/mol. The van der Waals surface area contributed by atoms with E-state index in [9.17, 15) is 30.3 Å². The van der Waals surface area contributed by atoms with Gasteiger partial charge in [-0.1, -0.05) is 48.0 Å². The molecule has 6 heteroatoms. The fourth-order valence-corrected chi connectivity index (χ4v) is 10.1. The number of aliphatic hydroxyl groups is 5. The van der Waals surface area contributed by atoms with Gasteiger partial charge in [0.25, 0.3) is 0 Å². The van der Waals surface area contributed by atoms with Gasteiger partial charge < -0.3 is 25.5 Å². The standard InChI is InChI=1S/C29H50O6/c1-7-19(16(2)3)29(34,35)28(32,33)17(4)20-11-12-21-18-15-24(30)23-9-8-10-25(31)27(23,6)22(18)13-14-26(20,21)5/h16-23,25,31-35H,7-15H2,1-6H3/t17-,18-,19-,20-,21+,22+,23?,25?,26+,27+/m1/s1. The van der Waals surface area contributed by atoms with Gasteiger partial charge in [-0.3, -0.25) is 4.79 Å². The zero-order chi connectivity index (χ0) is 26.1. The summed E-state index contributed by atoms with van der Waals surface area (Å²) in [6, 6.07) is 0. The third kappa shape index (κ3) is 3.79. The van der Waals surface area contributed by atoms with E-state index in [2.05, 4.69) is 13.8 Å². The van der Waals surface area contributed by atoms with Crippen LogP contribution in [0.4, 0.5) is 0 Å². The van der Waals surface area contributed by atoms with Gasteiger partial charge in [-0.15, -0.1) is 0 Å². The summed E-state index contributed by atoms with van der Waals surface area (Å²) in [6.45, 7) is 11.7. The van der Waals surface area contributed by atoms with Crippen LogP contribution in [0.15, 0.2) is 0 Å². The van der Waals surface area contributed by atoms with Crippen molar-refractivity contribution in [3.05, 3.63) is 0 Å². The van der Waals surface area contributed by atoms with Crippen molar-refractivity contribution >= 4 is 5.78 Å². The van der Waals surface area contributed by atoms with Gasteiger partial charge >= 0.3 is 0 Å². The minimum atomic E-state index is -2.64. The van der Waals surface area contributed by atoms with Gasteiger partial charge in [0.05, 0.1) is 6.10 Å². The summed E-state index contributed by atoms with van der Waals surface area (Å²) in [5, 5.41) is 55.9. The van der Waals surface area contributed by atoms with Crippen molar-refractivity contribution < 1.29 is 30.3 Å². The molecule has 4 rings (SSSR count). The SMILES string of the molecule is CC[C@H](C(C)C)C(O)(O)C(O)(O)[C@H](C)[C@H]1CC[C@H]2[C@H]3CC(=O)C4CCCC(O)[C@@]4(C)[C@H]3CC[C@@]12C. The number of hydrogen-bond donors (Lipinski definition) is 5. The van der Waals surface area contributed by atoms with Crippen molar-refractivity contribution in [3.8, 4) is 0 Å². The molecular weight excluding hydrogens is 444 g/mol. The first-order chi connectivity index (χ1) is 16.2. The van der Waals surface area contributed by atoms with Crippen molar-refractivity contribution in [2.24, 2.45) is 58.2 Å². The topological polar surface area (TPSA) is 118 Å². The molecular formula is C29H50O6. The monoisotopic (exact) mass is 494 g/mol. The summed E-state index contributed by atoms with van der Waals surface area (Å²) in [5.74, 6) is -5.84. The highest BCUT2D eigenvalue weighted by atomic mass is 16.6. The first-order valence-corrected chi connectivity index (χ1v) is 14.3. The Kier molecular flexibility index (Phi) is 7.11. The molecule has 0 aromatic rings. The lowest BCUT2D eigenvalue weighted by atomic mass is 9.43. The third-order valence-electron chi connectivity index (χ3n) is 12.1. The van der Waals surface area contributed by atoms with E-state index in [0.29, 0.717) is 24.5 Å². The molecule has 4 aliphatic carbocycles. The number of carbonyl (C=O) groups excluding carboxylic acids is 1. The third-order valence-corrected chi connectivity index (χ3v) is 12.1. The summed E-state index contributed by atoms with van der Waals surface area (Å²) in [5.41, 5.74) is -0.575. The molecule has 4 aliphatic rings. The van der Waals surface area contributed by atoms with Crippen LogP contribution in [0.1, 0.15) is 99.3 Å². The molecule has 35 heavy (non-hydrogen) atoms. The Morgan fingerprint density at radius 2 is 1.60 bits per heavy atom. The van der Waals surface area contributed by atoms with Gasteiger partial charge in [0.2, 0.25) is 11.6 Å². The Bertz CT molecular complexity index is 807. The molecule has 0 spiro atoms. The van der Waals surface area contributed by atoms with Gasteiger partial charge in [-0.2, -0.15) is 0 Å². The maximum absolute atomic E-state index is 13.3. The van der Waals surface area contributed by atoms with E-state index in [0.717, 1.165) is 44.9 Å². The van der Waals surface area contributed by atoms with Crippen LogP contribution in [-0.4, -0.2) is 49.0 Å². The molecule has 4 fully saturated rings. The Balaban J connectivity index is 1.62. The summed E-state index contributed by atoms with van der Waals surface area (Å²) in [7, 11) is 0. The van der Waals surface area contributed by atoms with E-state index >= 15 is 0 Å². The van der Waals surface area contributed by atoms with Crippen LogP contribution in [0.2, 0.25) is 0 Å². The fraction of sp³-hybridized carbons (Fsp3) is 0.966. The van der Waals surface area contributed by atoms with Gasteiger partial charge in [0, 0.05) is 29.6 Å². The Morgan fingerprint density at radius 3 is 2.20 bits per heavy atom. The zero-order valence-corrected chi connectivity index (χ0v) is 22.7. The minimum absolute atomic E-state index is 0.0399. The molecule has 0 bridgehead atoms. The second-order valence-corrected chi connectivity index (χ2v) is 13.6. The van der Waals surface area contributed by atoms with Crippen LogP contribution in [0.25, 0.3) is 0 Å². The lowest BCUT2D eigenvalue weighted by Crippen LogP contribution is -2.65. The van der Waals surface area contributed by atoms with Gasteiger partial charge in [-0.05, 0) is 80.0 Å². The molecule has 0 aliphatic heterocycles. The van der Waals surface area contributed by atoms with Crippen LogP contribution in [0.3, 0.4) is 0 Å². The molecule has 5 N–H and O–H groups in total. The molecule has 0 radical (unpaired) electrons. The number of fused-ring (bicyclic) bond motifs is 5. The van der Waals surface area contributed by atoms with Crippen LogP contribution < -0.4 is 0 Å². The molecule has 2 unspecified atom stereocenters. The molecule has 0 aromatic heterocycles. The quantitative estimate of drug-likeness (QED) is 0.358. The highest BCUT2D eigenvalue weighted by Gasteiger charge is 2.66. The Labute approximate surface area is 211 Å². The van der Waals surface area contributed by atoms with Crippen LogP contribution in [0.5, 0.6) is 0 Å². The fourth-order valence-electron chi connectivity index (χ4n) is 10.1. The average molecular weight is 495 g/mol. The number of Topliss-reactive ketones (excluding diaryl/α,β-unsaturated/α-hetero) is 1. The van der Waals surface area contributed by atoms with E-state index in [1.165, 1.54) is 0 Å². The van der Waals surface area contributed by atoms with Crippen LogP contribution >= 0.6 is 0 Å². The van der Waals surface area contributed by atoms with Crippen LogP contribution in [-0.2, 0) is 4.79 Å². The average Bonchev–Trinajstić information content (AvgIpc) is 3.11. The molecule has 0 heterocycles. The Morgan fingerprint density at radius 1 is 0.943 bits per heavy atom. The molecule has 202 valence electrons. The van der Waals surface area contributed by atoms with Crippen molar-refractivity contribution in [2.75, 3.05) is 0 Å². The van der Waals surface area contributed by atoms with E-state index < -0.39 is 29.5 Å². The lowest BCUT2D eigenvalue weighted by Gasteiger charge is -2.61. The number of carbonyl (C=O) groups is 1. The maximum Gasteiger partial charge on any atom is 0.221 e. The van der Waals surface area contributed by atoms with E-state index in [-0.39, 0.29) is 40.4 Å². The number of aliphatic hydroxyl groups excluding tert-OH is 1. The van der Waals surface area contributed by atoms with Gasteiger partial charge in [-0.25, -0.2) is 0 Å². The van der Waals surface area contributed by atoms with Crippen LogP contribution in [0, 0.1) is 58.2 Å². The molecule has 0 amide bonds. The summed E-state index contributed by atoms with van der Waals surface area (Å²) in [6.07, 6.45) is 6.64. The second-order valence-electron chi connectivity index (χ2n) is 13.6. The lowest BCUT2D eigenvalue weighted by molar-refractivity contribution is -0.403. The zero-order valence-electron chi connectivity index (χ0n) is 22.7. The van der Waals surface area contributed by atoms with E-state index in [4.69, 9.17) is 0 Å². The molecule has 6 nitrogen and oxygen atoms in total. The van der Waals surface area contributed by atoms with Crippen molar-refractivity contribution in [1.82, 2.24) is 0 Å². The highest BCUT2D eigenvalue weighted by molar-refractivity contribution is 5.83. The molecule has 4 saturated carbocycles. The first-order valence-electron chi connectivity index (χ1n) is 14.3. The van der Waals surface area contributed by atoms with E-state index in [1.54, 1.807) is 6.92 Å². The van der Waals surface area contributed by atoms with Crippen molar-refractivity contribution in [3.63, 3.8) is 0 Å². The Hall–Kier alpha value is -0.530. The van der Waals surface area contributed by atoms with Crippen molar-refractivity contribution in [2.45, 2.75) is 117 Å². The van der Waals surface area contributed by atoms with E-state index in [1.807, 2.05) is 20.8 Å². The number of hydrogen-bond acceptors (Lipinski definition) is 6. The minimum Gasteiger partial charge on any atom is -0.393 e. The highest BCUT2D eigenvalue weighted by Crippen LogP contribution is 2.68. The summed E-state index contributed by atoms with van der Waals surface area (Å²) < 4.78 is 0. The second kappa shape index (κ2) is 9.04. The number of ketones is 1. The molecule has 0 aromatic carbocycles. The summed E-state index contributed by atoms with van der Waals surface area (Å²) in [4.78, 5) is 13.3. The summed E-state index contributed by atoms with van der Waals surface area (Å²) >= 11 is 0. The van der Waals surface area contributed by atoms with Crippen molar-refractivity contribution in [1.29, 1.82) is 0 Å². The number of rotatable bonds is 6. The maximum atomic E-state index is 13.3. The normalized spacial score (nSPS) is 43.9. The molecule has 10 atom stereocenters. The first kappa shape index (κ1) is 27.5. The predicted octanol–water partition coefficient (Wildman–Crippen LogP) is 3.87. The van der Waals surface area contributed by atoms with Gasteiger partial charge in [0.1, 0.15) is 5.78 Å². The smallest absolute Gasteiger partial charge is 0.221 e. The molecule has 0 saturated heterocycles.